The van der Waals surface area contributed by atoms with Crippen LogP contribution in [-0.2, 0) is 9.53 Å². The van der Waals surface area contributed by atoms with Crippen molar-refractivity contribution < 1.29 is 19.0 Å². The highest BCUT2D eigenvalue weighted by molar-refractivity contribution is 7.99. The normalized spacial score (nSPS) is 17.7. The molecular formula is C17H21NO4S. The maximum atomic E-state index is 12.2. The third-order valence-corrected chi connectivity index (χ3v) is 4.88. The zero-order valence-corrected chi connectivity index (χ0v) is 14.1. The van der Waals surface area contributed by atoms with Crippen LogP contribution in [0.3, 0.4) is 0 Å². The molecule has 0 aliphatic carbocycles. The predicted octanol–water partition coefficient (Wildman–Crippen LogP) is 2.06. The average molecular weight is 335 g/mol. The molecule has 2 aliphatic rings. The van der Waals surface area contributed by atoms with Gasteiger partial charge in [-0.25, -0.2) is 4.79 Å². The Balaban J connectivity index is 1.56. The van der Waals surface area contributed by atoms with E-state index in [1.807, 2.05) is 36.0 Å². The maximum absolute atomic E-state index is 12.2. The average Bonchev–Trinajstić information content (AvgIpc) is 2.61. The van der Waals surface area contributed by atoms with E-state index in [1.54, 1.807) is 7.11 Å². The molecule has 1 aromatic carbocycles. The van der Waals surface area contributed by atoms with Crippen molar-refractivity contribution in [1.29, 1.82) is 0 Å². The van der Waals surface area contributed by atoms with Crippen molar-refractivity contribution in [2.75, 3.05) is 51.5 Å². The van der Waals surface area contributed by atoms with Crippen LogP contribution in [0.4, 0.5) is 0 Å². The van der Waals surface area contributed by atoms with Crippen LogP contribution in [-0.4, -0.2) is 62.3 Å². The van der Waals surface area contributed by atoms with Gasteiger partial charge in [0, 0.05) is 36.7 Å². The van der Waals surface area contributed by atoms with Gasteiger partial charge in [-0.05, 0) is 12.1 Å². The van der Waals surface area contributed by atoms with Crippen LogP contribution in [0.1, 0.15) is 5.56 Å². The van der Waals surface area contributed by atoms with Crippen LogP contribution in [0, 0.1) is 0 Å². The second kappa shape index (κ2) is 7.75. The molecule has 1 aromatic rings. The lowest BCUT2D eigenvalue weighted by atomic mass is 10.1. The molecule has 0 spiro atoms. The van der Waals surface area contributed by atoms with Crippen molar-refractivity contribution in [2.24, 2.45) is 0 Å². The molecule has 2 heterocycles. The first kappa shape index (κ1) is 16.2. The standard InChI is InChI=1S/C17H21NO4S/c1-20-15-4-2-3-13-11-14(12-22-16(13)15)17(19)21-8-5-18-6-9-23-10-7-18/h2-4,11H,5-10,12H2,1H3. The number of esters is 1. The summed E-state index contributed by atoms with van der Waals surface area (Å²) in [6, 6.07) is 5.61. The molecule has 1 fully saturated rings. The van der Waals surface area contributed by atoms with Crippen LogP contribution < -0.4 is 9.47 Å². The van der Waals surface area contributed by atoms with Gasteiger partial charge in [0.2, 0.25) is 0 Å². The third kappa shape index (κ3) is 4.00. The molecule has 0 aromatic heterocycles. The minimum atomic E-state index is -0.301. The number of fused-ring (bicyclic) bond motifs is 1. The SMILES string of the molecule is COc1cccc2c1OCC(C(=O)OCCN1CCSCC1)=C2. The van der Waals surface area contributed by atoms with Gasteiger partial charge in [0.1, 0.15) is 13.2 Å². The Bertz CT molecular complexity index is 596. The zero-order chi connectivity index (χ0) is 16.1. The van der Waals surface area contributed by atoms with E-state index in [-0.39, 0.29) is 12.6 Å². The van der Waals surface area contributed by atoms with Gasteiger partial charge in [0.05, 0.1) is 12.7 Å². The molecular weight excluding hydrogens is 314 g/mol. The van der Waals surface area contributed by atoms with Gasteiger partial charge in [-0.2, -0.15) is 11.8 Å². The Kier molecular flexibility index (Phi) is 5.46. The molecule has 124 valence electrons. The van der Waals surface area contributed by atoms with Crippen LogP contribution in [0.5, 0.6) is 11.5 Å². The first-order valence-electron chi connectivity index (χ1n) is 7.75. The Morgan fingerprint density at radius 2 is 2.17 bits per heavy atom. The molecule has 3 rings (SSSR count). The number of carbonyl (C=O) groups is 1. The lowest BCUT2D eigenvalue weighted by molar-refractivity contribution is -0.139. The van der Waals surface area contributed by atoms with E-state index in [9.17, 15) is 4.79 Å². The molecule has 6 heteroatoms. The monoisotopic (exact) mass is 335 g/mol. The van der Waals surface area contributed by atoms with E-state index in [0.717, 1.165) is 36.7 Å². The number of methoxy groups -OCH3 is 1. The number of ether oxygens (including phenoxy) is 3. The van der Waals surface area contributed by atoms with E-state index in [0.29, 0.717) is 23.7 Å². The van der Waals surface area contributed by atoms with Crippen LogP contribution in [0.15, 0.2) is 23.8 Å². The molecule has 0 amide bonds. The van der Waals surface area contributed by atoms with Gasteiger partial charge in [-0.3, -0.25) is 4.90 Å². The van der Waals surface area contributed by atoms with Gasteiger partial charge >= 0.3 is 5.97 Å². The van der Waals surface area contributed by atoms with E-state index >= 15 is 0 Å². The highest BCUT2D eigenvalue weighted by atomic mass is 32.2. The number of rotatable bonds is 5. The summed E-state index contributed by atoms with van der Waals surface area (Å²) in [4.78, 5) is 14.5. The summed E-state index contributed by atoms with van der Waals surface area (Å²) in [5.41, 5.74) is 1.38. The lowest BCUT2D eigenvalue weighted by Crippen LogP contribution is -2.35. The van der Waals surface area contributed by atoms with Crippen molar-refractivity contribution in [2.45, 2.75) is 0 Å². The van der Waals surface area contributed by atoms with Gasteiger partial charge in [0.25, 0.3) is 0 Å². The lowest BCUT2D eigenvalue weighted by Gasteiger charge is -2.25. The summed E-state index contributed by atoms with van der Waals surface area (Å²) in [6.07, 6.45) is 1.82. The van der Waals surface area contributed by atoms with E-state index < -0.39 is 0 Å². The summed E-state index contributed by atoms with van der Waals surface area (Å²) < 4.78 is 16.3. The van der Waals surface area contributed by atoms with Crippen molar-refractivity contribution in [3.05, 3.63) is 29.3 Å². The number of hydrogen-bond acceptors (Lipinski definition) is 6. The largest absolute Gasteiger partial charge is 0.493 e. The van der Waals surface area contributed by atoms with Gasteiger partial charge in [-0.1, -0.05) is 12.1 Å². The topological polar surface area (TPSA) is 48.0 Å². The summed E-state index contributed by atoms with van der Waals surface area (Å²) >= 11 is 1.97. The molecule has 5 nitrogen and oxygen atoms in total. The van der Waals surface area contributed by atoms with E-state index in [4.69, 9.17) is 14.2 Å². The van der Waals surface area contributed by atoms with Gasteiger partial charge in [-0.15, -0.1) is 0 Å². The number of carbonyl (C=O) groups excluding carboxylic acids is 1. The number of hydrogen-bond donors (Lipinski definition) is 0. The molecule has 0 N–H and O–H groups in total. The van der Waals surface area contributed by atoms with Crippen LogP contribution in [0.25, 0.3) is 6.08 Å². The number of benzene rings is 1. The first-order valence-corrected chi connectivity index (χ1v) is 8.91. The highest BCUT2D eigenvalue weighted by Crippen LogP contribution is 2.35. The van der Waals surface area contributed by atoms with Crippen molar-refractivity contribution in [3.63, 3.8) is 0 Å². The van der Waals surface area contributed by atoms with Crippen LogP contribution in [0.2, 0.25) is 0 Å². The highest BCUT2D eigenvalue weighted by Gasteiger charge is 2.21. The zero-order valence-electron chi connectivity index (χ0n) is 13.2. The summed E-state index contributed by atoms with van der Waals surface area (Å²) in [6.45, 7) is 3.58. The molecule has 0 saturated carbocycles. The van der Waals surface area contributed by atoms with Crippen molar-refractivity contribution >= 4 is 23.8 Å². The Labute approximate surface area is 140 Å². The molecule has 23 heavy (non-hydrogen) atoms. The fraction of sp³-hybridized carbons (Fsp3) is 0.471. The Morgan fingerprint density at radius 3 is 2.96 bits per heavy atom. The minimum Gasteiger partial charge on any atom is -0.493 e. The van der Waals surface area contributed by atoms with Crippen molar-refractivity contribution in [3.8, 4) is 11.5 Å². The molecule has 0 unspecified atom stereocenters. The molecule has 0 atom stereocenters. The quantitative estimate of drug-likeness (QED) is 0.768. The number of para-hydroxylation sites is 1. The molecule has 0 radical (unpaired) electrons. The predicted molar refractivity (Wildman–Crippen MR) is 91.2 cm³/mol. The summed E-state index contributed by atoms with van der Waals surface area (Å²) in [5.74, 6) is 3.37. The Morgan fingerprint density at radius 1 is 1.35 bits per heavy atom. The molecule has 2 aliphatic heterocycles. The van der Waals surface area contributed by atoms with Gasteiger partial charge in [0.15, 0.2) is 11.5 Å². The third-order valence-electron chi connectivity index (χ3n) is 3.94. The summed E-state index contributed by atoms with van der Waals surface area (Å²) in [5, 5.41) is 0. The molecule has 0 bridgehead atoms. The molecule has 1 saturated heterocycles. The fourth-order valence-corrected chi connectivity index (χ4v) is 3.62. The van der Waals surface area contributed by atoms with E-state index in [2.05, 4.69) is 4.90 Å². The second-order valence-corrected chi connectivity index (χ2v) is 6.65. The van der Waals surface area contributed by atoms with Gasteiger partial charge < -0.3 is 14.2 Å². The smallest absolute Gasteiger partial charge is 0.337 e. The minimum absolute atomic E-state index is 0.215. The fourth-order valence-electron chi connectivity index (χ4n) is 2.64. The van der Waals surface area contributed by atoms with E-state index in [1.165, 1.54) is 0 Å². The van der Waals surface area contributed by atoms with Crippen molar-refractivity contribution in [1.82, 2.24) is 4.90 Å². The maximum Gasteiger partial charge on any atom is 0.337 e. The second-order valence-electron chi connectivity index (χ2n) is 5.43. The summed E-state index contributed by atoms with van der Waals surface area (Å²) in [7, 11) is 1.60. The number of nitrogens with zero attached hydrogens (tertiary/aromatic N) is 1. The number of thioether (sulfide) groups is 1. The Hall–Kier alpha value is -1.66. The first-order chi connectivity index (χ1) is 11.3. The van der Waals surface area contributed by atoms with Crippen LogP contribution >= 0.6 is 11.8 Å².